The van der Waals surface area contributed by atoms with Gasteiger partial charge in [0.1, 0.15) is 5.54 Å². The van der Waals surface area contributed by atoms with Crippen LogP contribution in [0.1, 0.15) is 63.0 Å². The van der Waals surface area contributed by atoms with Crippen LogP contribution in [0.25, 0.3) is 0 Å². The van der Waals surface area contributed by atoms with Crippen molar-refractivity contribution in [2.45, 2.75) is 57.4 Å². The van der Waals surface area contributed by atoms with Crippen molar-refractivity contribution < 1.29 is 9.31 Å². The van der Waals surface area contributed by atoms with Crippen molar-refractivity contribution in [3.63, 3.8) is 0 Å². The molecular weight excluding hydrogens is 491 g/mol. The standard InChI is InChI=1S/C35H37BN2O2/c1-26-30(36-39-33(2,3)34(4,5)40-36)23-25-38(32(26)31-22-15-24-37-31)35(27-16-9-6-10-17-27,28-18-11-7-12-19-28)29-20-13-8-14-21-29/h6-25,32,37H,1-5H3. The lowest BCUT2D eigenvalue weighted by atomic mass is 9.69. The summed E-state index contributed by atoms with van der Waals surface area (Å²) >= 11 is 0. The third-order valence-electron chi connectivity index (χ3n) is 8.94. The van der Waals surface area contributed by atoms with Gasteiger partial charge in [0, 0.05) is 18.1 Å². The Balaban J connectivity index is 1.60. The lowest BCUT2D eigenvalue weighted by molar-refractivity contribution is 0.00578. The highest BCUT2D eigenvalue weighted by molar-refractivity contribution is 6.56. The number of H-pyrrole nitrogens is 1. The van der Waals surface area contributed by atoms with E-state index in [-0.39, 0.29) is 6.04 Å². The highest BCUT2D eigenvalue weighted by Crippen LogP contribution is 2.51. The number of aromatic nitrogens is 1. The summed E-state index contributed by atoms with van der Waals surface area (Å²) in [5.41, 5.74) is 5.51. The molecule has 5 heteroatoms. The highest BCUT2D eigenvalue weighted by atomic mass is 16.7. The summed E-state index contributed by atoms with van der Waals surface area (Å²) in [6.07, 6.45) is 6.44. The molecule has 2 aliphatic heterocycles. The van der Waals surface area contributed by atoms with E-state index >= 15 is 0 Å². The topological polar surface area (TPSA) is 37.5 Å². The molecule has 0 amide bonds. The van der Waals surface area contributed by atoms with Gasteiger partial charge in [-0.2, -0.15) is 0 Å². The quantitative estimate of drug-likeness (QED) is 0.205. The molecule has 0 saturated carbocycles. The molecule has 4 nitrogen and oxygen atoms in total. The van der Waals surface area contributed by atoms with Crippen LogP contribution in [0.4, 0.5) is 0 Å². The first-order valence-electron chi connectivity index (χ1n) is 14.1. The molecule has 1 aromatic heterocycles. The zero-order valence-electron chi connectivity index (χ0n) is 24.0. The lowest BCUT2D eigenvalue weighted by Gasteiger charge is -2.50. The Bertz CT molecular complexity index is 1400. The van der Waals surface area contributed by atoms with Crippen LogP contribution >= 0.6 is 0 Å². The van der Waals surface area contributed by atoms with Gasteiger partial charge in [0.15, 0.2) is 0 Å². The smallest absolute Gasteiger partial charge is 0.399 e. The maximum Gasteiger partial charge on any atom is 0.494 e. The van der Waals surface area contributed by atoms with Gasteiger partial charge in [0.25, 0.3) is 0 Å². The summed E-state index contributed by atoms with van der Waals surface area (Å²) in [5.74, 6) is 0. The minimum Gasteiger partial charge on any atom is -0.399 e. The summed E-state index contributed by atoms with van der Waals surface area (Å²) in [7, 11) is -0.444. The van der Waals surface area contributed by atoms with E-state index in [2.05, 4.69) is 160 Å². The summed E-state index contributed by atoms with van der Waals surface area (Å²) in [6.45, 7) is 10.6. The summed E-state index contributed by atoms with van der Waals surface area (Å²) in [4.78, 5) is 6.05. The van der Waals surface area contributed by atoms with Crippen molar-refractivity contribution in [2.75, 3.05) is 0 Å². The maximum atomic E-state index is 6.55. The van der Waals surface area contributed by atoms with Crippen molar-refractivity contribution in [2.24, 2.45) is 0 Å². The number of hydrogen-bond donors (Lipinski definition) is 1. The Hall–Kier alpha value is -3.80. The Morgan fingerprint density at radius 1 is 0.700 bits per heavy atom. The van der Waals surface area contributed by atoms with Gasteiger partial charge in [-0.1, -0.05) is 91.0 Å². The minimum absolute atomic E-state index is 0.102. The second-order valence-electron chi connectivity index (χ2n) is 11.8. The molecule has 6 rings (SSSR count). The van der Waals surface area contributed by atoms with Crippen LogP contribution in [-0.4, -0.2) is 28.2 Å². The van der Waals surface area contributed by atoms with Crippen molar-refractivity contribution in [1.82, 2.24) is 9.88 Å². The van der Waals surface area contributed by atoms with Gasteiger partial charge in [-0.15, -0.1) is 0 Å². The average Bonchev–Trinajstić information content (AvgIpc) is 3.56. The number of hydrogen-bond acceptors (Lipinski definition) is 3. The molecule has 0 bridgehead atoms. The van der Waals surface area contributed by atoms with E-state index in [1.807, 2.05) is 6.20 Å². The second-order valence-corrected chi connectivity index (χ2v) is 11.8. The molecular formula is C35H37BN2O2. The third-order valence-corrected chi connectivity index (χ3v) is 8.94. The van der Waals surface area contributed by atoms with Crippen LogP contribution in [0.2, 0.25) is 0 Å². The van der Waals surface area contributed by atoms with Crippen LogP contribution in [0.5, 0.6) is 0 Å². The first-order chi connectivity index (χ1) is 19.3. The van der Waals surface area contributed by atoms with Crippen molar-refractivity contribution in [1.29, 1.82) is 0 Å². The van der Waals surface area contributed by atoms with Gasteiger partial charge in [-0.05, 0) is 80.6 Å². The monoisotopic (exact) mass is 528 g/mol. The molecule has 3 aromatic carbocycles. The number of allylic oxidation sites excluding steroid dienone is 2. The molecule has 4 aromatic rings. The van der Waals surface area contributed by atoms with E-state index < -0.39 is 23.9 Å². The van der Waals surface area contributed by atoms with Gasteiger partial charge >= 0.3 is 7.12 Å². The predicted molar refractivity (Wildman–Crippen MR) is 163 cm³/mol. The van der Waals surface area contributed by atoms with E-state index in [1.165, 1.54) is 22.3 Å². The van der Waals surface area contributed by atoms with E-state index in [0.717, 1.165) is 11.2 Å². The number of nitrogens with zero attached hydrogens (tertiary/aromatic N) is 1. The van der Waals surface area contributed by atoms with E-state index in [1.54, 1.807) is 0 Å². The van der Waals surface area contributed by atoms with Gasteiger partial charge in [-0.3, -0.25) is 0 Å². The molecule has 1 atom stereocenters. The summed E-state index contributed by atoms with van der Waals surface area (Å²) in [6, 6.07) is 36.6. The van der Waals surface area contributed by atoms with Crippen LogP contribution < -0.4 is 0 Å². The Morgan fingerprint density at radius 3 is 1.60 bits per heavy atom. The molecule has 2 aliphatic rings. The van der Waals surface area contributed by atoms with Crippen molar-refractivity contribution >= 4 is 7.12 Å². The highest BCUT2D eigenvalue weighted by Gasteiger charge is 2.54. The molecule has 1 N–H and O–H groups in total. The first-order valence-corrected chi connectivity index (χ1v) is 14.1. The van der Waals surface area contributed by atoms with Crippen LogP contribution in [0.3, 0.4) is 0 Å². The second kappa shape index (κ2) is 9.99. The number of benzene rings is 3. The fourth-order valence-corrected chi connectivity index (χ4v) is 6.17. The Morgan fingerprint density at radius 2 is 1.18 bits per heavy atom. The molecule has 40 heavy (non-hydrogen) atoms. The Labute approximate surface area is 238 Å². The number of rotatable bonds is 6. The van der Waals surface area contributed by atoms with Gasteiger partial charge in [-0.25, -0.2) is 0 Å². The normalized spacial score (nSPS) is 20.3. The molecule has 1 fully saturated rings. The van der Waals surface area contributed by atoms with Crippen LogP contribution in [-0.2, 0) is 14.8 Å². The molecule has 202 valence electrons. The molecule has 1 saturated heterocycles. The molecule has 0 spiro atoms. The average molecular weight is 529 g/mol. The zero-order chi connectivity index (χ0) is 28.0. The summed E-state index contributed by atoms with van der Waals surface area (Å²) in [5, 5.41) is 0. The number of aromatic amines is 1. The molecule has 0 aliphatic carbocycles. The zero-order valence-corrected chi connectivity index (χ0v) is 24.0. The maximum absolute atomic E-state index is 6.55. The van der Waals surface area contributed by atoms with E-state index in [4.69, 9.17) is 9.31 Å². The van der Waals surface area contributed by atoms with Gasteiger partial charge < -0.3 is 19.2 Å². The fourth-order valence-electron chi connectivity index (χ4n) is 6.17. The fraction of sp³-hybridized carbons (Fsp3) is 0.257. The third kappa shape index (κ3) is 4.16. The first kappa shape index (κ1) is 26.4. The van der Waals surface area contributed by atoms with Crippen molar-refractivity contribution in [3.05, 3.63) is 155 Å². The summed E-state index contributed by atoms with van der Waals surface area (Å²) < 4.78 is 13.1. The van der Waals surface area contributed by atoms with Gasteiger partial charge in [0.2, 0.25) is 0 Å². The van der Waals surface area contributed by atoms with E-state index in [0.29, 0.717) is 0 Å². The van der Waals surface area contributed by atoms with Crippen LogP contribution in [0.15, 0.2) is 133 Å². The molecule has 3 heterocycles. The van der Waals surface area contributed by atoms with Crippen molar-refractivity contribution in [3.8, 4) is 0 Å². The predicted octanol–water partition coefficient (Wildman–Crippen LogP) is 7.83. The van der Waals surface area contributed by atoms with E-state index in [9.17, 15) is 0 Å². The van der Waals surface area contributed by atoms with Gasteiger partial charge in [0.05, 0.1) is 17.2 Å². The largest absolute Gasteiger partial charge is 0.494 e. The lowest BCUT2D eigenvalue weighted by Crippen LogP contribution is -2.49. The number of nitrogens with one attached hydrogen (secondary N) is 1. The SMILES string of the molecule is CC1=C(B2OC(C)(C)C(C)(C)O2)C=CN(C(c2ccccc2)(c2ccccc2)c2ccccc2)C1c1ccc[nH]1. The minimum atomic E-state index is -0.612. The molecule has 1 unspecified atom stereocenters. The Kier molecular flexibility index (Phi) is 6.60. The molecule has 0 radical (unpaired) electrons. The van der Waals surface area contributed by atoms with Crippen LogP contribution in [0, 0.1) is 0 Å².